The first kappa shape index (κ1) is 15.6. The fraction of sp³-hybridized carbons (Fsp3) is 0.706. The normalized spacial score (nSPS) is 27.8. The zero-order chi connectivity index (χ0) is 15.6. The highest BCUT2D eigenvalue weighted by molar-refractivity contribution is 5.76. The molecule has 0 aromatic carbocycles. The zero-order valence-corrected chi connectivity index (χ0v) is 13.7. The number of aryl methyl sites for hydroxylation is 1. The molecule has 1 spiro atoms. The quantitative estimate of drug-likeness (QED) is 0.922. The SMILES string of the molecule is CCc1ccc(CN2CCN(C)[C@@]3(CCNC(=O)CC3)C2)o1. The lowest BCUT2D eigenvalue weighted by Gasteiger charge is -2.49. The molecule has 0 radical (unpaired) electrons. The van der Waals surface area contributed by atoms with Gasteiger partial charge in [0, 0.05) is 44.6 Å². The minimum atomic E-state index is 0.123. The predicted octanol–water partition coefficient (Wildman–Crippen LogP) is 1.63. The van der Waals surface area contributed by atoms with Gasteiger partial charge >= 0.3 is 0 Å². The van der Waals surface area contributed by atoms with Crippen molar-refractivity contribution in [3.05, 3.63) is 23.7 Å². The molecule has 5 nitrogen and oxygen atoms in total. The molecule has 122 valence electrons. The number of nitrogens with one attached hydrogen (secondary N) is 1. The Morgan fingerprint density at radius 3 is 2.86 bits per heavy atom. The highest BCUT2D eigenvalue weighted by Gasteiger charge is 2.40. The molecule has 5 heteroatoms. The minimum Gasteiger partial charge on any atom is -0.465 e. The summed E-state index contributed by atoms with van der Waals surface area (Å²) in [6, 6.07) is 4.18. The number of amides is 1. The highest BCUT2D eigenvalue weighted by Crippen LogP contribution is 2.31. The summed E-state index contributed by atoms with van der Waals surface area (Å²) in [6.45, 7) is 6.90. The number of carbonyl (C=O) groups excluding carboxylic acids is 1. The van der Waals surface area contributed by atoms with Gasteiger partial charge in [-0.25, -0.2) is 0 Å². The number of rotatable bonds is 3. The molecule has 0 unspecified atom stereocenters. The van der Waals surface area contributed by atoms with E-state index in [1.165, 1.54) is 0 Å². The number of carbonyl (C=O) groups is 1. The number of nitrogens with zero attached hydrogens (tertiary/aromatic N) is 2. The zero-order valence-electron chi connectivity index (χ0n) is 13.7. The third-order valence-electron chi connectivity index (χ3n) is 5.25. The molecule has 1 atom stereocenters. The first-order chi connectivity index (χ1) is 10.6. The Labute approximate surface area is 132 Å². The summed E-state index contributed by atoms with van der Waals surface area (Å²) >= 11 is 0. The van der Waals surface area contributed by atoms with E-state index in [4.69, 9.17) is 4.42 Å². The van der Waals surface area contributed by atoms with Crippen LogP contribution in [0.1, 0.15) is 37.7 Å². The largest absolute Gasteiger partial charge is 0.465 e. The molecular formula is C17H27N3O2. The summed E-state index contributed by atoms with van der Waals surface area (Å²) in [7, 11) is 2.20. The van der Waals surface area contributed by atoms with Crippen molar-refractivity contribution in [3.63, 3.8) is 0 Å². The van der Waals surface area contributed by atoms with E-state index < -0.39 is 0 Å². The molecule has 2 aliphatic heterocycles. The average Bonchev–Trinajstić information content (AvgIpc) is 2.88. The maximum absolute atomic E-state index is 11.7. The van der Waals surface area contributed by atoms with Crippen molar-refractivity contribution in [2.24, 2.45) is 0 Å². The van der Waals surface area contributed by atoms with Crippen LogP contribution in [0.25, 0.3) is 0 Å². The maximum atomic E-state index is 11.7. The van der Waals surface area contributed by atoms with Crippen molar-refractivity contribution in [2.45, 2.75) is 44.7 Å². The number of piperazine rings is 1. The van der Waals surface area contributed by atoms with Crippen LogP contribution in [0.15, 0.2) is 16.5 Å². The van der Waals surface area contributed by atoms with Gasteiger partial charge in [-0.3, -0.25) is 14.6 Å². The van der Waals surface area contributed by atoms with Crippen LogP contribution in [0.4, 0.5) is 0 Å². The molecule has 1 aromatic rings. The van der Waals surface area contributed by atoms with Crippen LogP contribution in [-0.2, 0) is 17.8 Å². The summed E-state index contributed by atoms with van der Waals surface area (Å²) in [5.41, 5.74) is 0.123. The standard InChI is InChI=1S/C17H27N3O2/c1-3-14-4-5-15(22-14)12-20-11-10-19(2)17(13-20)7-6-16(21)18-9-8-17/h4-5H,3,6-13H2,1-2H3,(H,18,21)/t17-/m0/s1. The molecule has 3 heterocycles. The summed E-state index contributed by atoms with van der Waals surface area (Å²) in [4.78, 5) is 16.6. The first-order valence-electron chi connectivity index (χ1n) is 8.39. The van der Waals surface area contributed by atoms with Crippen LogP contribution < -0.4 is 5.32 Å². The van der Waals surface area contributed by atoms with Crippen molar-refractivity contribution in [2.75, 3.05) is 33.2 Å². The molecule has 1 amide bonds. The Balaban J connectivity index is 1.68. The third-order valence-corrected chi connectivity index (χ3v) is 5.25. The summed E-state index contributed by atoms with van der Waals surface area (Å²) in [5.74, 6) is 2.31. The number of hydrogen-bond acceptors (Lipinski definition) is 4. The molecule has 22 heavy (non-hydrogen) atoms. The Morgan fingerprint density at radius 1 is 1.27 bits per heavy atom. The highest BCUT2D eigenvalue weighted by atomic mass is 16.3. The summed E-state index contributed by atoms with van der Waals surface area (Å²) in [5, 5.41) is 3.01. The first-order valence-corrected chi connectivity index (χ1v) is 8.39. The van der Waals surface area contributed by atoms with Crippen LogP contribution in [0, 0.1) is 0 Å². The monoisotopic (exact) mass is 305 g/mol. The Hall–Kier alpha value is -1.33. The van der Waals surface area contributed by atoms with Crippen LogP contribution >= 0.6 is 0 Å². The lowest BCUT2D eigenvalue weighted by atomic mass is 9.86. The van der Waals surface area contributed by atoms with Crippen LogP contribution in [0.2, 0.25) is 0 Å². The average molecular weight is 305 g/mol. The Bertz CT molecular complexity index is 528. The van der Waals surface area contributed by atoms with Crippen molar-refractivity contribution < 1.29 is 9.21 Å². The predicted molar refractivity (Wildman–Crippen MR) is 85.6 cm³/mol. The molecule has 1 N–H and O–H groups in total. The van der Waals surface area contributed by atoms with Crippen molar-refractivity contribution >= 4 is 5.91 Å². The lowest BCUT2D eigenvalue weighted by Crippen LogP contribution is -2.60. The van der Waals surface area contributed by atoms with E-state index in [0.717, 1.165) is 63.5 Å². The summed E-state index contributed by atoms with van der Waals surface area (Å²) in [6.07, 6.45) is 3.56. The Kier molecular flexibility index (Phi) is 4.54. The molecule has 0 saturated carbocycles. The van der Waals surface area contributed by atoms with Crippen LogP contribution in [0.3, 0.4) is 0 Å². The minimum absolute atomic E-state index is 0.123. The fourth-order valence-corrected chi connectivity index (χ4v) is 3.73. The van der Waals surface area contributed by atoms with Crippen molar-refractivity contribution in [3.8, 4) is 0 Å². The van der Waals surface area contributed by atoms with E-state index in [2.05, 4.69) is 41.2 Å². The van der Waals surface area contributed by atoms with Gasteiger partial charge in [0.05, 0.1) is 6.54 Å². The van der Waals surface area contributed by atoms with Gasteiger partial charge < -0.3 is 9.73 Å². The van der Waals surface area contributed by atoms with E-state index in [1.54, 1.807) is 0 Å². The van der Waals surface area contributed by atoms with E-state index >= 15 is 0 Å². The molecule has 2 saturated heterocycles. The van der Waals surface area contributed by atoms with E-state index in [0.29, 0.717) is 6.42 Å². The topological polar surface area (TPSA) is 48.7 Å². The van der Waals surface area contributed by atoms with Gasteiger partial charge in [-0.2, -0.15) is 0 Å². The number of hydrogen-bond donors (Lipinski definition) is 1. The van der Waals surface area contributed by atoms with Gasteiger partial charge in [-0.15, -0.1) is 0 Å². The van der Waals surface area contributed by atoms with Gasteiger partial charge in [-0.05, 0) is 32.0 Å². The second-order valence-corrected chi connectivity index (χ2v) is 6.68. The van der Waals surface area contributed by atoms with Gasteiger partial charge in [0.1, 0.15) is 11.5 Å². The molecule has 0 aliphatic carbocycles. The van der Waals surface area contributed by atoms with Crippen molar-refractivity contribution in [1.29, 1.82) is 0 Å². The van der Waals surface area contributed by atoms with E-state index in [-0.39, 0.29) is 11.4 Å². The maximum Gasteiger partial charge on any atom is 0.220 e. The fourth-order valence-electron chi connectivity index (χ4n) is 3.73. The van der Waals surface area contributed by atoms with Crippen LogP contribution in [-0.4, -0.2) is 54.5 Å². The van der Waals surface area contributed by atoms with E-state index in [1.807, 2.05) is 0 Å². The molecule has 0 bridgehead atoms. The second kappa shape index (κ2) is 6.42. The smallest absolute Gasteiger partial charge is 0.220 e. The molecular weight excluding hydrogens is 278 g/mol. The van der Waals surface area contributed by atoms with Crippen LogP contribution in [0.5, 0.6) is 0 Å². The summed E-state index contributed by atoms with van der Waals surface area (Å²) < 4.78 is 5.86. The lowest BCUT2D eigenvalue weighted by molar-refractivity contribution is -0.121. The molecule has 2 aliphatic rings. The molecule has 3 rings (SSSR count). The van der Waals surface area contributed by atoms with Gasteiger partial charge in [-0.1, -0.05) is 6.92 Å². The second-order valence-electron chi connectivity index (χ2n) is 6.68. The molecule has 2 fully saturated rings. The number of furan rings is 1. The van der Waals surface area contributed by atoms with Gasteiger partial charge in [0.2, 0.25) is 5.91 Å². The van der Waals surface area contributed by atoms with Gasteiger partial charge in [0.15, 0.2) is 0 Å². The molecule has 1 aromatic heterocycles. The van der Waals surface area contributed by atoms with E-state index in [9.17, 15) is 4.79 Å². The Morgan fingerprint density at radius 2 is 2.09 bits per heavy atom. The number of likely N-dealkylation sites (N-methyl/N-ethyl adjacent to an activating group) is 1. The van der Waals surface area contributed by atoms with Gasteiger partial charge in [0.25, 0.3) is 0 Å². The third kappa shape index (κ3) is 3.20. The van der Waals surface area contributed by atoms with Crippen molar-refractivity contribution in [1.82, 2.24) is 15.1 Å².